The Morgan fingerprint density at radius 3 is 2.78 bits per heavy atom. The number of rotatable bonds is 2. The largest absolute Gasteiger partial charge is 0.244 e. The summed E-state index contributed by atoms with van der Waals surface area (Å²) in [5.41, 5.74) is 1.87. The van der Waals surface area contributed by atoms with Gasteiger partial charge in [-0.05, 0) is 31.5 Å². The summed E-state index contributed by atoms with van der Waals surface area (Å²) in [6.45, 7) is 7.08. The molecule has 1 nitrogen and oxygen atoms in total. The van der Waals surface area contributed by atoms with Crippen LogP contribution >= 0.6 is 11.6 Å². The fourth-order valence-corrected chi connectivity index (χ4v) is 1.23. The third kappa shape index (κ3) is 4.57. The van der Waals surface area contributed by atoms with Crippen LogP contribution in [0.4, 0.5) is 4.39 Å². The Labute approximate surface area is 112 Å². The van der Waals surface area contributed by atoms with Gasteiger partial charge in [0.2, 0.25) is 0 Å². The van der Waals surface area contributed by atoms with Gasteiger partial charge in [0, 0.05) is 11.8 Å². The molecule has 0 N–H and O–H groups in total. The zero-order valence-corrected chi connectivity index (χ0v) is 11.1. The molecule has 0 fully saturated rings. The first kappa shape index (κ1) is 14.2. The third-order valence-corrected chi connectivity index (χ3v) is 2.22. The van der Waals surface area contributed by atoms with Crippen molar-refractivity contribution in [2.75, 3.05) is 0 Å². The Kier molecular flexibility index (Phi) is 5.35. The average molecular weight is 262 g/mol. The second-order valence-electron chi connectivity index (χ2n) is 3.61. The summed E-state index contributed by atoms with van der Waals surface area (Å²) >= 11 is 5.51. The molecule has 18 heavy (non-hydrogen) atoms. The number of allylic oxidation sites excluding steroid dienone is 2. The molecule has 0 aliphatic heterocycles. The third-order valence-electron chi connectivity index (χ3n) is 2.12. The lowest BCUT2D eigenvalue weighted by atomic mass is 10.1. The molecule has 0 saturated heterocycles. The summed E-state index contributed by atoms with van der Waals surface area (Å²) in [5.74, 6) is 5.26. The molecule has 0 aromatic heterocycles. The minimum atomic E-state index is -0.323. The monoisotopic (exact) mass is 261 g/mol. The van der Waals surface area contributed by atoms with Gasteiger partial charge >= 0.3 is 0 Å². The number of halogens is 2. The maximum Gasteiger partial charge on any atom is 0.139 e. The van der Waals surface area contributed by atoms with Crippen molar-refractivity contribution in [3.63, 3.8) is 0 Å². The van der Waals surface area contributed by atoms with Crippen LogP contribution in [0.25, 0.3) is 0 Å². The zero-order chi connectivity index (χ0) is 13.5. The van der Waals surface area contributed by atoms with Crippen molar-refractivity contribution in [1.82, 2.24) is 0 Å². The van der Waals surface area contributed by atoms with E-state index in [2.05, 4.69) is 23.4 Å². The molecule has 3 heteroatoms. The van der Waals surface area contributed by atoms with Crippen LogP contribution in [-0.2, 0) is 0 Å². The highest BCUT2D eigenvalue weighted by atomic mass is 35.5. The molecule has 0 radical (unpaired) electrons. The van der Waals surface area contributed by atoms with Crippen molar-refractivity contribution in [2.45, 2.75) is 13.8 Å². The molecule has 0 atom stereocenters. The Hall–Kier alpha value is -1.85. The van der Waals surface area contributed by atoms with E-state index in [1.54, 1.807) is 12.1 Å². The normalized spacial score (nSPS) is 11.2. The van der Waals surface area contributed by atoms with Crippen LogP contribution in [0.5, 0.6) is 0 Å². The molecular formula is C15H13ClFN. The molecule has 92 valence electrons. The Morgan fingerprint density at radius 1 is 1.50 bits per heavy atom. The van der Waals surface area contributed by atoms with Crippen LogP contribution in [0.15, 0.2) is 46.6 Å². The van der Waals surface area contributed by atoms with E-state index in [1.165, 1.54) is 12.3 Å². The highest BCUT2D eigenvalue weighted by Gasteiger charge is 1.97. The lowest BCUT2D eigenvalue weighted by molar-refractivity contribution is 0.623. The summed E-state index contributed by atoms with van der Waals surface area (Å²) in [6, 6.07) is 4.92. The van der Waals surface area contributed by atoms with Gasteiger partial charge in [-0.3, -0.25) is 0 Å². The zero-order valence-electron chi connectivity index (χ0n) is 10.3. The van der Waals surface area contributed by atoms with Gasteiger partial charge in [-0.15, -0.1) is 0 Å². The fraction of sp³-hybridized carbons (Fsp3) is 0.133. The van der Waals surface area contributed by atoms with Gasteiger partial charge in [-0.1, -0.05) is 42.2 Å². The number of benzene rings is 1. The Morgan fingerprint density at radius 2 is 2.22 bits per heavy atom. The van der Waals surface area contributed by atoms with E-state index in [9.17, 15) is 4.39 Å². The summed E-state index contributed by atoms with van der Waals surface area (Å²) in [7, 11) is 0. The van der Waals surface area contributed by atoms with Crippen molar-refractivity contribution in [3.05, 3.63) is 58.5 Å². The topological polar surface area (TPSA) is 12.4 Å². The van der Waals surface area contributed by atoms with E-state index < -0.39 is 0 Å². The van der Waals surface area contributed by atoms with Gasteiger partial charge in [0.25, 0.3) is 0 Å². The number of aryl methyl sites for hydroxylation is 1. The minimum absolute atomic E-state index is 0.178. The lowest BCUT2D eigenvalue weighted by Crippen LogP contribution is -1.86. The second kappa shape index (κ2) is 6.78. The average Bonchev–Trinajstić information content (AvgIpc) is 2.31. The molecule has 1 aromatic rings. The van der Waals surface area contributed by atoms with Crippen LogP contribution in [0, 0.1) is 24.6 Å². The van der Waals surface area contributed by atoms with Crippen molar-refractivity contribution >= 4 is 17.8 Å². The maximum atomic E-state index is 13.5. The minimum Gasteiger partial charge on any atom is -0.244 e. The summed E-state index contributed by atoms with van der Waals surface area (Å²) in [6.07, 6.45) is 3.26. The van der Waals surface area contributed by atoms with Crippen molar-refractivity contribution < 1.29 is 4.39 Å². The molecule has 1 rings (SSSR count). The standard InChI is InChI=1S/C15H13ClFN/c1-4-13(10-18-12(3)16)6-8-14-7-5-11(2)9-15(14)17/h4-5,7,9-10H,3H2,1-2H3/b13-4-,18-10?. The van der Waals surface area contributed by atoms with Crippen molar-refractivity contribution in [2.24, 2.45) is 4.99 Å². The smallest absolute Gasteiger partial charge is 0.139 e. The molecule has 0 heterocycles. The van der Waals surface area contributed by atoms with Gasteiger partial charge < -0.3 is 0 Å². The van der Waals surface area contributed by atoms with E-state index in [4.69, 9.17) is 11.6 Å². The molecule has 0 aliphatic carbocycles. The first-order valence-electron chi connectivity index (χ1n) is 5.36. The van der Waals surface area contributed by atoms with Gasteiger partial charge in [0.05, 0.1) is 5.56 Å². The second-order valence-corrected chi connectivity index (χ2v) is 4.05. The molecule has 0 unspecified atom stereocenters. The quantitative estimate of drug-likeness (QED) is 0.430. The van der Waals surface area contributed by atoms with E-state index in [-0.39, 0.29) is 11.0 Å². The van der Waals surface area contributed by atoms with Gasteiger partial charge in [0.1, 0.15) is 11.0 Å². The van der Waals surface area contributed by atoms with Crippen molar-refractivity contribution in [1.29, 1.82) is 0 Å². The fourth-order valence-electron chi connectivity index (χ4n) is 1.18. The molecular weight excluding hydrogens is 249 g/mol. The molecule has 0 saturated carbocycles. The van der Waals surface area contributed by atoms with Crippen LogP contribution < -0.4 is 0 Å². The number of hydrogen-bond donors (Lipinski definition) is 0. The summed E-state index contributed by atoms with van der Waals surface area (Å²) in [4.78, 5) is 3.83. The summed E-state index contributed by atoms with van der Waals surface area (Å²) < 4.78 is 13.5. The van der Waals surface area contributed by atoms with Crippen LogP contribution in [-0.4, -0.2) is 6.21 Å². The van der Waals surface area contributed by atoms with Crippen LogP contribution in [0.1, 0.15) is 18.1 Å². The molecule has 0 bridgehead atoms. The summed E-state index contributed by atoms with van der Waals surface area (Å²) in [5, 5.41) is 0.178. The number of hydrogen-bond acceptors (Lipinski definition) is 1. The van der Waals surface area contributed by atoms with Crippen molar-refractivity contribution in [3.8, 4) is 11.8 Å². The lowest BCUT2D eigenvalue weighted by Gasteiger charge is -1.95. The predicted molar refractivity (Wildman–Crippen MR) is 75.3 cm³/mol. The highest BCUT2D eigenvalue weighted by Crippen LogP contribution is 2.08. The molecule has 0 spiro atoms. The molecule has 0 aliphatic rings. The van der Waals surface area contributed by atoms with E-state index in [0.717, 1.165) is 5.56 Å². The molecule has 1 aromatic carbocycles. The Balaban J connectivity index is 2.96. The molecule has 0 amide bonds. The Bertz CT molecular complexity index is 574. The van der Waals surface area contributed by atoms with Gasteiger partial charge in [-0.25, -0.2) is 9.38 Å². The SMILES string of the molecule is C=C(Cl)N=C/C(C#Cc1ccc(C)cc1F)=C\C. The van der Waals surface area contributed by atoms with E-state index in [0.29, 0.717) is 11.1 Å². The first-order chi connectivity index (χ1) is 8.52. The first-order valence-corrected chi connectivity index (χ1v) is 5.73. The van der Waals surface area contributed by atoms with E-state index in [1.807, 2.05) is 19.9 Å². The maximum absolute atomic E-state index is 13.5. The highest BCUT2D eigenvalue weighted by molar-refractivity contribution is 6.29. The van der Waals surface area contributed by atoms with Gasteiger partial charge in [0.15, 0.2) is 0 Å². The number of nitrogens with zero attached hydrogens (tertiary/aromatic N) is 1. The van der Waals surface area contributed by atoms with E-state index >= 15 is 0 Å². The van der Waals surface area contributed by atoms with Crippen LogP contribution in [0.2, 0.25) is 0 Å². The number of aliphatic imine (C=N–C) groups is 1. The van der Waals surface area contributed by atoms with Crippen LogP contribution in [0.3, 0.4) is 0 Å². The predicted octanol–water partition coefficient (Wildman–Crippen LogP) is 4.21. The van der Waals surface area contributed by atoms with Gasteiger partial charge in [-0.2, -0.15) is 0 Å².